The molecule has 1 rings (SSSR count). The summed E-state index contributed by atoms with van der Waals surface area (Å²) in [6.45, 7) is 6.11. The van der Waals surface area contributed by atoms with E-state index in [2.05, 4.69) is 0 Å². The lowest BCUT2D eigenvalue weighted by molar-refractivity contribution is -0.143. The van der Waals surface area contributed by atoms with Gasteiger partial charge in [-0.15, -0.1) is 0 Å². The third-order valence-corrected chi connectivity index (χ3v) is 3.02. The Morgan fingerprint density at radius 2 is 2.33 bits per heavy atom. The molecule has 1 aliphatic rings. The van der Waals surface area contributed by atoms with E-state index >= 15 is 0 Å². The Morgan fingerprint density at radius 3 is 2.89 bits per heavy atom. The van der Waals surface area contributed by atoms with Crippen LogP contribution >= 0.6 is 0 Å². The lowest BCUT2D eigenvalue weighted by Crippen LogP contribution is -2.19. The predicted octanol–water partition coefficient (Wildman–Crippen LogP) is 2.63. The van der Waals surface area contributed by atoms with E-state index in [0.29, 0.717) is 13.0 Å². The van der Waals surface area contributed by atoms with E-state index in [1.807, 2.05) is 38.2 Å². The van der Waals surface area contributed by atoms with Gasteiger partial charge in [0.15, 0.2) is 0 Å². The zero-order chi connectivity index (χ0) is 13.5. The Kier molecular flexibility index (Phi) is 5.86. The van der Waals surface area contributed by atoms with Gasteiger partial charge in [0, 0.05) is 11.8 Å². The van der Waals surface area contributed by atoms with Gasteiger partial charge in [-0.25, -0.2) is 0 Å². The van der Waals surface area contributed by atoms with Crippen LogP contribution in [0.2, 0.25) is 0 Å². The Morgan fingerprint density at radius 1 is 1.61 bits per heavy atom. The van der Waals surface area contributed by atoms with Gasteiger partial charge in [0.05, 0.1) is 19.1 Å². The van der Waals surface area contributed by atoms with Gasteiger partial charge in [-0.3, -0.25) is 4.79 Å². The normalized spacial score (nSPS) is 25.0. The van der Waals surface area contributed by atoms with Gasteiger partial charge < -0.3 is 9.84 Å². The number of esters is 1. The quantitative estimate of drug-likeness (QED) is 0.602. The SMILES string of the molecule is C/C=C/[C@H](CC(=O)OCC)C1=CC(C)C(O)C=C1. The monoisotopic (exact) mass is 250 g/mol. The first kappa shape index (κ1) is 14.7. The maximum atomic E-state index is 11.6. The number of aliphatic hydroxyl groups excluding tert-OH is 1. The molecule has 0 aromatic heterocycles. The molecule has 2 unspecified atom stereocenters. The van der Waals surface area contributed by atoms with Crippen molar-refractivity contribution >= 4 is 5.97 Å². The van der Waals surface area contributed by atoms with E-state index in [1.54, 1.807) is 13.0 Å². The van der Waals surface area contributed by atoms with Crippen molar-refractivity contribution in [3.63, 3.8) is 0 Å². The fourth-order valence-corrected chi connectivity index (χ4v) is 2.02. The smallest absolute Gasteiger partial charge is 0.306 e. The number of allylic oxidation sites excluding steroid dienone is 4. The lowest BCUT2D eigenvalue weighted by Gasteiger charge is -2.22. The molecule has 0 spiro atoms. The van der Waals surface area contributed by atoms with Crippen molar-refractivity contribution in [3.8, 4) is 0 Å². The van der Waals surface area contributed by atoms with Crippen LogP contribution in [-0.4, -0.2) is 23.8 Å². The molecule has 0 saturated carbocycles. The molecule has 0 fully saturated rings. The van der Waals surface area contributed by atoms with Gasteiger partial charge >= 0.3 is 5.97 Å². The summed E-state index contributed by atoms with van der Waals surface area (Å²) in [5.74, 6) is -0.0751. The van der Waals surface area contributed by atoms with Crippen LogP contribution in [0.1, 0.15) is 27.2 Å². The molecule has 100 valence electrons. The zero-order valence-corrected chi connectivity index (χ0v) is 11.3. The van der Waals surface area contributed by atoms with E-state index in [9.17, 15) is 9.90 Å². The fourth-order valence-electron chi connectivity index (χ4n) is 2.02. The first-order valence-electron chi connectivity index (χ1n) is 6.44. The maximum absolute atomic E-state index is 11.6. The second-order valence-corrected chi connectivity index (χ2v) is 4.52. The van der Waals surface area contributed by atoms with Crippen molar-refractivity contribution in [1.29, 1.82) is 0 Å². The molecule has 0 aliphatic heterocycles. The summed E-state index contributed by atoms with van der Waals surface area (Å²) in [7, 11) is 0. The summed E-state index contributed by atoms with van der Waals surface area (Å²) in [6.07, 6.45) is 9.55. The Bertz CT molecular complexity index is 366. The summed E-state index contributed by atoms with van der Waals surface area (Å²) in [4.78, 5) is 11.6. The van der Waals surface area contributed by atoms with Crippen LogP contribution in [0.15, 0.2) is 36.0 Å². The van der Waals surface area contributed by atoms with Gasteiger partial charge in [-0.05, 0) is 19.4 Å². The maximum Gasteiger partial charge on any atom is 0.306 e. The molecule has 1 N–H and O–H groups in total. The number of hydrogen-bond donors (Lipinski definition) is 1. The number of aliphatic hydroxyl groups is 1. The predicted molar refractivity (Wildman–Crippen MR) is 71.9 cm³/mol. The molecule has 3 heteroatoms. The summed E-state index contributed by atoms with van der Waals surface area (Å²) in [5.41, 5.74) is 1.07. The standard InChI is InChI=1S/C15H22O3/c1-4-6-12(10-15(17)18-5-2)13-7-8-14(16)11(3)9-13/h4,6-9,11-12,14,16H,5,10H2,1-3H3/b6-4+/t11?,12-,14?/m1/s1. The van der Waals surface area contributed by atoms with Gasteiger partial charge in [0.2, 0.25) is 0 Å². The molecule has 0 aromatic rings. The third kappa shape index (κ3) is 4.15. The summed E-state index contributed by atoms with van der Waals surface area (Å²) < 4.78 is 4.98. The molecule has 18 heavy (non-hydrogen) atoms. The highest BCUT2D eigenvalue weighted by atomic mass is 16.5. The number of carbonyl (C=O) groups excluding carboxylic acids is 1. The Balaban J connectivity index is 2.77. The first-order valence-corrected chi connectivity index (χ1v) is 6.44. The van der Waals surface area contributed by atoms with Crippen molar-refractivity contribution in [2.24, 2.45) is 11.8 Å². The molecule has 0 amide bonds. The lowest BCUT2D eigenvalue weighted by atomic mass is 9.86. The van der Waals surface area contributed by atoms with Crippen LogP contribution in [0.4, 0.5) is 0 Å². The van der Waals surface area contributed by atoms with Gasteiger partial charge in [-0.2, -0.15) is 0 Å². The van der Waals surface area contributed by atoms with Crippen molar-refractivity contribution < 1.29 is 14.6 Å². The topological polar surface area (TPSA) is 46.5 Å². The minimum absolute atomic E-state index is 0.0280. The molecule has 0 aromatic carbocycles. The molecule has 3 atom stereocenters. The summed E-state index contributed by atoms with van der Waals surface area (Å²) in [5, 5.41) is 9.63. The largest absolute Gasteiger partial charge is 0.466 e. The molecule has 1 aliphatic carbocycles. The molecule has 0 radical (unpaired) electrons. The average Bonchev–Trinajstić information content (AvgIpc) is 2.32. The highest BCUT2D eigenvalue weighted by molar-refractivity contribution is 5.70. The Labute approximate surface area is 109 Å². The van der Waals surface area contributed by atoms with Crippen LogP contribution in [0.3, 0.4) is 0 Å². The van der Waals surface area contributed by atoms with Crippen molar-refractivity contribution in [2.75, 3.05) is 6.61 Å². The Hall–Kier alpha value is -1.35. The number of hydrogen-bond acceptors (Lipinski definition) is 3. The van der Waals surface area contributed by atoms with E-state index in [-0.39, 0.29) is 17.8 Å². The highest BCUT2D eigenvalue weighted by Gasteiger charge is 2.20. The molecule has 0 saturated heterocycles. The molecule has 3 nitrogen and oxygen atoms in total. The van der Waals surface area contributed by atoms with Crippen LogP contribution in [0.5, 0.6) is 0 Å². The van der Waals surface area contributed by atoms with E-state index in [0.717, 1.165) is 5.57 Å². The minimum Gasteiger partial charge on any atom is -0.466 e. The number of carbonyl (C=O) groups is 1. The van der Waals surface area contributed by atoms with Crippen molar-refractivity contribution in [2.45, 2.75) is 33.3 Å². The van der Waals surface area contributed by atoms with Crippen LogP contribution in [0, 0.1) is 11.8 Å². The second-order valence-electron chi connectivity index (χ2n) is 4.52. The second kappa shape index (κ2) is 7.17. The van der Waals surface area contributed by atoms with Gasteiger partial charge in [0.25, 0.3) is 0 Å². The summed E-state index contributed by atoms with van der Waals surface area (Å²) in [6, 6.07) is 0. The van der Waals surface area contributed by atoms with Crippen molar-refractivity contribution in [1.82, 2.24) is 0 Å². The zero-order valence-electron chi connectivity index (χ0n) is 11.3. The van der Waals surface area contributed by atoms with Crippen LogP contribution < -0.4 is 0 Å². The third-order valence-electron chi connectivity index (χ3n) is 3.02. The van der Waals surface area contributed by atoms with Crippen molar-refractivity contribution in [3.05, 3.63) is 36.0 Å². The van der Waals surface area contributed by atoms with E-state index in [1.165, 1.54) is 0 Å². The van der Waals surface area contributed by atoms with Crippen LogP contribution in [0.25, 0.3) is 0 Å². The molecular weight excluding hydrogens is 228 g/mol. The van der Waals surface area contributed by atoms with Gasteiger partial charge in [-0.1, -0.05) is 37.3 Å². The molecule has 0 heterocycles. The molecule has 0 bridgehead atoms. The fraction of sp³-hybridized carbons (Fsp3) is 0.533. The summed E-state index contributed by atoms with van der Waals surface area (Å²) >= 11 is 0. The highest BCUT2D eigenvalue weighted by Crippen LogP contribution is 2.26. The number of ether oxygens (including phenoxy) is 1. The van der Waals surface area contributed by atoms with E-state index < -0.39 is 6.10 Å². The molecular formula is C15H22O3. The van der Waals surface area contributed by atoms with Gasteiger partial charge in [0.1, 0.15) is 0 Å². The first-order chi connectivity index (χ1) is 8.58. The van der Waals surface area contributed by atoms with E-state index in [4.69, 9.17) is 4.74 Å². The number of rotatable bonds is 5. The average molecular weight is 250 g/mol. The minimum atomic E-state index is -0.428. The van der Waals surface area contributed by atoms with Crippen LogP contribution in [-0.2, 0) is 9.53 Å².